The highest BCUT2D eigenvalue weighted by Gasteiger charge is 2.10. The zero-order valence-corrected chi connectivity index (χ0v) is 11.2. The Bertz CT molecular complexity index is 548. The van der Waals surface area contributed by atoms with Crippen molar-refractivity contribution >= 4 is 38.6 Å². The first-order valence-corrected chi connectivity index (χ1v) is 6.36. The van der Waals surface area contributed by atoms with E-state index in [1.54, 1.807) is 13.0 Å². The number of halogens is 1. The summed E-state index contributed by atoms with van der Waals surface area (Å²) in [5.74, 6) is 0.626. The molecule has 1 aromatic carbocycles. The van der Waals surface area contributed by atoms with Gasteiger partial charge in [-0.1, -0.05) is 22.9 Å². The van der Waals surface area contributed by atoms with E-state index in [1.807, 2.05) is 19.1 Å². The molecule has 0 saturated carbocycles. The molecule has 2 aromatic rings. The number of hydrogen-bond acceptors (Lipinski definition) is 3. The third-order valence-corrected chi connectivity index (χ3v) is 2.78. The predicted octanol–water partition coefficient (Wildman–Crippen LogP) is 3.11. The quantitative estimate of drug-likeness (QED) is 0.886. The molecule has 90 valence electrons. The van der Waals surface area contributed by atoms with Gasteiger partial charge in [0.15, 0.2) is 11.5 Å². The van der Waals surface area contributed by atoms with Crippen molar-refractivity contribution in [2.45, 2.75) is 25.1 Å². The molecule has 0 aliphatic rings. The van der Waals surface area contributed by atoms with Gasteiger partial charge in [-0.15, -0.1) is 0 Å². The number of aromatic nitrogens is 1. The second-order valence-electron chi connectivity index (χ2n) is 3.75. The first-order chi connectivity index (χ1) is 8.10. The van der Waals surface area contributed by atoms with Crippen LogP contribution in [0.4, 0.5) is 5.69 Å². The van der Waals surface area contributed by atoms with E-state index < -0.39 is 0 Å². The SMILES string of the molecule is CCc1nc2cc(NC(=O)C(C)Br)ccc2o1. The standard InChI is InChI=1S/C12H13BrN2O2/c1-3-11-15-9-6-8(4-5-10(9)17-11)14-12(16)7(2)13/h4-7H,3H2,1-2H3,(H,14,16). The lowest BCUT2D eigenvalue weighted by Gasteiger charge is -2.05. The Balaban J connectivity index is 2.28. The molecular weight excluding hydrogens is 284 g/mol. The zero-order chi connectivity index (χ0) is 12.4. The van der Waals surface area contributed by atoms with Crippen molar-refractivity contribution in [2.75, 3.05) is 5.32 Å². The second-order valence-corrected chi connectivity index (χ2v) is 5.12. The number of fused-ring (bicyclic) bond motifs is 1. The molecule has 0 radical (unpaired) electrons. The van der Waals surface area contributed by atoms with Gasteiger partial charge in [0.1, 0.15) is 5.52 Å². The molecule has 1 unspecified atom stereocenters. The summed E-state index contributed by atoms with van der Waals surface area (Å²) in [6.07, 6.45) is 0.759. The van der Waals surface area contributed by atoms with Crippen molar-refractivity contribution in [3.8, 4) is 0 Å². The lowest BCUT2D eigenvalue weighted by atomic mass is 10.3. The minimum atomic E-state index is -0.221. The fourth-order valence-electron chi connectivity index (χ4n) is 1.45. The summed E-state index contributed by atoms with van der Waals surface area (Å²) in [6, 6.07) is 5.43. The van der Waals surface area contributed by atoms with Crippen LogP contribution in [0.5, 0.6) is 0 Å². The van der Waals surface area contributed by atoms with Gasteiger partial charge in [0.25, 0.3) is 0 Å². The Hall–Kier alpha value is -1.36. The largest absolute Gasteiger partial charge is 0.441 e. The minimum absolute atomic E-state index is 0.0800. The number of amides is 1. The molecule has 1 N–H and O–H groups in total. The van der Waals surface area contributed by atoms with Crippen LogP contribution in [0.25, 0.3) is 11.1 Å². The summed E-state index contributed by atoms with van der Waals surface area (Å²) in [7, 11) is 0. The van der Waals surface area contributed by atoms with Crippen molar-refractivity contribution in [3.63, 3.8) is 0 Å². The average Bonchev–Trinajstić information content (AvgIpc) is 2.70. The highest BCUT2D eigenvalue weighted by molar-refractivity contribution is 9.10. The normalized spacial score (nSPS) is 12.6. The van der Waals surface area contributed by atoms with Crippen LogP contribution in [0.15, 0.2) is 22.6 Å². The first-order valence-electron chi connectivity index (χ1n) is 5.44. The molecular formula is C12H13BrN2O2. The summed E-state index contributed by atoms with van der Waals surface area (Å²) >= 11 is 3.22. The number of nitrogens with one attached hydrogen (secondary N) is 1. The highest BCUT2D eigenvalue weighted by atomic mass is 79.9. The number of anilines is 1. The van der Waals surface area contributed by atoms with Gasteiger partial charge in [-0.05, 0) is 25.1 Å². The van der Waals surface area contributed by atoms with Gasteiger partial charge >= 0.3 is 0 Å². The molecule has 0 aliphatic heterocycles. The maximum atomic E-state index is 11.5. The smallest absolute Gasteiger partial charge is 0.237 e. The molecule has 0 spiro atoms. The maximum Gasteiger partial charge on any atom is 0.237 e. The van der Waals surface area contributed by atoms with Crippen LogP contribution in [0, 0.1) is 0 Å². The van der Waals surface area contributed by atoms with E-state index in [0.29, 0.717) is 5.89 Å². The third kappa shape index (κ3) is 2.66. The number of aryl methyl sites for hydroxylation is 1. The number of carbonyl (C=O) groups excluding carboxylic acids is 1. The van der Waals surface area contributed by atoms with Gasteiger partial charge < -0.3 is 9.73 Å². The Morgan fingerprint density at radius 1 is 1.59 bits per heavy atom. The third-order valence-electron chi connectivity index (χ3n) is 2.36. The lowest BCUT2D eigenvalue weighted by molar-refractivity contribution is -0.115. The van der Waals surface area contributed by atoms with Crippen LogP contribution in [-0.2, 0) is 11.2 Å². The number of carbonyl (C=O) groups is 1. The van der Waals surface area contributed by atoms with Gasteiger partial charge in [0.05, 0.1) is 4.83 Å². The molecule has 0 bridgehead atoms. The van der Waals surface area contributed by atoms with Gasteiger partial charge in [-0.2, -0.15) is 0 Å². The number of nitrogens with zero attached hydrogens (tertiary/aromatic N) is 1. The Labute approximate surface area is 108 Å². The molecule has 1 amide bonds. The Kier molecular flexibility index (Phi) is 3.47. The molecule has 17 heavy (non-hydrogen) atoms. The van der Waals surface area contributed by atoms with E-state index in [9.17, 15) is 4.79 Å². The summed E-state index contributed by atoms with van der Waals surface area (Å²) < 4.78 is 5.49. The van der Waals surface area contributed by atoms with Crippen LogP contribution in [0.1, 0.15) is 19.7 Å². The van der Waals surface area contributed by atoms with Gasteiger partial charge in [0, 0.05) is 12.1 Å². The highest BCUT2D eigenvalue weighted by Crippen LogP contribution is 2.20. The van der Waals surface area contributed by atoms with Crippen LogP contribution >= 0.6 is 15.9 Å². The maximum absolute atomic E-state index is 11.5. The topological polar surface area (TPSA) is 55.1 Å². The zero-order valence-electron chi connectivity index (χ0n) is 9.66. The van der Waals surface area contributed by atoms with Crippen molar-refractivity contribution in [2.24, 2.45) is 0 Å². The van der Waals surface area contributed by atoms with Crippen molar-refractivity contribution in [1.29, 1.82) is 0 Å². The number of oxazole rings is 1. The summed E-state index contributed by atoms with van der Waals surface area (Å²) in [6.45, 7) is 3.76. The molecule has 1 aromatic heterocycles. The van der Waals surface area contributed by atoms with Crippen LogP contribution < -0.4 is 5.32 Å². The minimum Gasteiger partial charge on any atom is -0.441 e. The number of alkyl halides is 1. The second kappa shape index (κ2) is 4.87. The van der Waals surface area contributed by atoms with E-state index in [-0.39, 0.29) is 10.7 Å². The van der Waals surface area contributed by atoms with Gasteiger partial charge in [0.2, 0.25) is 5.91 Å². The lowest BCUT2D eigenvalue weighted by Crippen LogP contribution is -2.19. The summed E-state index contributed by atoms with van der Waals surface area (Å²) in [5, 5.41) is 2.79. The van der Waals surface area contributed by atoms with E-state index in [1.165, 1.54) is 0 Å². The van der Waals surface area contributed by atoms with E-state index in [0.717, 1.165) is 23.2 Å². The molecule has 0 fully saturated rings. The summed E-state index contributed by atoms with van der Waals surface area (Å²) in [4.78, 5) is 15.6. The average molecular weight is 297 g/mol. The number of hydrogen-bond donors (Lipinski definition) is 1. The monoisotopic (exact) mass is 296 g/mol. The van der Waals surface area contributed by atoms with Crippen LogP contribution in [-0.4, -0.2) is 15.7 Å². The molecule has 4 nitrogen and oxygen atoms in total. The Morgan fingerprint density at radius 3 is 3.00 bits per heavy atom. The van der Waals surface area contributed by atoms with Gasteiger partial charge in [-0.25, -0.2) is 4.98 Å². The predicted molar refractivity (Wildman–Crippen MR) is 70.4 cm³/mol. The van der Waals surface area contributed by atoms with E-state index >= 15 is 0 Å². The molecule has 0 aliphatic carbocycles. The van der Waals surface area contributed by atoms with Crippen molar-refractivity contribution < 1.29 is 9.21 Å². The van der Waals surface area contributed by atoms with Crippen LogP contribution in [0.2, 0.25) is 0 Å². The summed E-state index contributed by atoms with van der Waals surface area (Å²) in [5.41, 5.74) is 2.23. The molecule has 0 saturated heterocycles. The fraction of sp³-hybridized carbons (Fsp3) is 0.333. The van der Waals surface area contributed by atoms with Crippen LogP contribution in [0.3, 0.4) is 0 Å². The number of rotatable bonds is 3. The molecule has 5 heteroatoms. The van der Waals surface area contributed by atoms with Crippen molar-refractivity contribution in [1.82, 2.24) is 4.98 Å². The molecule has 2 rings (SSSR count). The molecule has 1 heterocycles. The van der Waals surface area contributed by atoms with E-state index in [4.69, 9.17) is 4.42 Å². The Morgan fingerprint density at radius 2 is 2.35 bits per heavy atom. The van der Waals surface area contributed by atoms with E-state index in [2.05, 4.69) is 26.2 Å². The fourth-order valence-corrected chi connectivity index (χ4v) is 1.56. The first kappa shape index (κ1) is 12.1. The number of benzene rings is 1. The molecule has 1 atom stereocenters. The van der Waals surface area contributed by atoms with Gasteiger partial charge in [-0.3, -0.25) is 4.79 Å². The van der Waals surface area contributed by atoms with Crippen molar-refractivity contribution in [3.05, 3.63) is 24.1 Å².